The molecule has 10 heteroatoms. The smallest absolute Gasteiger partial charge is 0.277 e. The average Bonchev–Trinajstić information content (AvgIpc) is 3.46. The van der Waals surface area contributed by atoms with Crippen LogP contribution in [0.3, 0.4) is 0 Å². The van der Waals surface area contributed by atoms with Gasteiger partial charge in [0.05, 0.1) is 26.2 Å². The molecule has 0 saturated heterocycles. The van der Waals surface area contributed by atoms with Crippen LogP contribution in [0.2, 0.25) is 0 Å². The zero-order valence-electron chi connectivity index (χ0n) is 14.4. The minimum atomic E-state index is 0.358. The fraction of sp³-hybridized carbons (Fsp3) is 0.176. The summed E-state index contributed by atoms with van der Waals surface area (Å²) in [6.45, 7) is 0. The molecular formula is C17H14N4O5S. The van der Waals surface area contributed by atoms with Crippen LogP contribution in [0.5, 0.6) is 11.5 Å². The second-order valence-corrected chi connectivity index (χ2v) is 6.18. The van der Waals surface area contributed by atoms with Crippen LogP contribution in [-0.4, -0.2) is 34.6 Å². The average molecular weight is 386 g/mol. The van der Waals surface area contributed by atoms with Crippen molar-refractivity contribution >= 4 is 11.8 Å². The largest absolute Gasteiger partial charge is 0.497 e. The Kier molecular flexibility index (Phi) is 4.79. The van der Waals surface area contributed by atoms with E-state index in [4.69, 9.17) is 22.8 Å². The molecular weight excluding hydrogens is 372 g/mol. The van der Waals surface area contributed by atoms with Crippen molar-refractivity contribution in [2.75, 3.05) is 14.2 Å². The lowest BCUT2D eigenvalue weighted by atomic mass is 10.2. The van der Waals surface area contributed by atoms with Crippen molar-refractivity contribution in [1.82, 2.24) is 20.3 Å². The van der Waals surface area contributed by atoms with E-state index in [-0.39, 0.29) is 0 Å². The Balaban J connectivity index is 1.46. The Labute approximate surface area is 157 Å². The third-order valence-electron chi connectivity index (χ3n) is 3.53. The molecule has 0 aliphatic rings. The lowest BCUT2D eigenvalue weighted by Gasteiger charge is -2.05. The van der Waals surface area contributed by atoms with Gasteiger partial charge in [-0.25, -0.2) is 0 Å². The van der Waals surface area contributed by atoms with E-state index in [0.29, 0.717) is 51.4 Å². The normalized spacial score (nSPS) is 10.9. The molecule has 0 N–H and O–H groups in total. The maximum Gasteiger partial charge on any atom is 0.277 e. The van der Waals surface area contributed by atoms with Crippen LogP contribution in [-0.2, 0) is 5.75 Å². The van der Waals surface area contributed by atoms with E-state index in [2.05, 4.69) is 20.3 Å². The fourth-order valence-corrected chi connectivity index (χ4v) is 2.86. The van der Waals surface area contributed by atoms with Crippen molar-refractivity contribution in [3.63, 3.8) is 0 Å². The predicted molar refractivity (Wildman–Crippen MR) is 94.4 cm³/mol. The van der Waals surface area contributed by atoms with Gasteiger partial charge in [0.1, 0.15) is 11.5 Å². The Morgan fingerprint density at radius 2 is 1.89 bits per heavy atom. The molecule has 0 aliphatic heterocycles. The van der Waals surface area contributed by atoms with Gasteiger partial charge in [0.2, 0.25) is 17.6 Å². The Morgan fingerprint density at radius 3 is 2.59 bits per heavy atom. The van der Waals surface area contributed by atoms with E-state index in [1.54, 1.807) is 50.8 Å². The van der Waals surface area contributed by atoms with Crippen LogP contribution in [0.4, 0.5) is 0 Å². The second kappa shape index (κ2) is 7.54. The van der Waals surface area contributed by atoms with Crippen molar-refractivity contribution < 1.29 is 22.8 Å². The number of aromatic nitrogens is 4. The summed E-state index contributed by atoms with van der Waals surface area (Å²) in [6.07, 6.45) is 1.55. The third-order valence-corrected chi connectivity index (χ3v) is 4.34. The standard InChI is InChI=1S/C17H14N4O5S/c1-22-11-6-10(7-12(8-11)23-2)16-19-20-17(25-16)27-9-14-18-15(21-26-14)13-4-3-5-24-13/h3-8H,9H2,1-2H3. The highest BCUT2D eigenvalue weighted by Crippen LogP contribution is 2.31. The van der Waals surface area contributed by atoms with Crippen molar-refractivity contribution in [3.05, 3.63) is 42.5 Å². The van der Waals surface area contributed by atoms with Crippen molar-refractivity contribution in [2.24, 2.45) is 0 Å². The summed E-state index contributed by atoms with van der Waals surface area (Å²) in [5.41, 5.74) is 0.698. The monoisotopic (exact) mass is 386 g/mol. The molecule has 1 aromatic carbocycles. The lowest BCUT2D eigenvalue weighted by Crippen LogP contribution is -1.88. The van der Waals surface area contributed by atoms with Crippen LogP contribution in [0.1, 0.15) is 5.89 Å². The van der Waals surface area contributed by atoms with E-state index >= 15 is 0 Å². The zero-order chi connectivity index (χ0) is 18.6. The molecule has 0 unspecified atom stereocenters. The first-order valence-corrected chi connectivity index (χ1v) is 8.80. The number of methoxy groups -OCH3 is 2. The number of thioether (sulfide) groups is 1. The maximum atomic E-state index is 5.69. The molecule has 9 nitrogen and oxygen atoms in total. The number of hydrogen-bond acceptors (Lipinski definition) is 10. The van der Waals surface area contributed by atoms with Crippen molar-refractivity contribution in [3.8, 4) is 34.5 Å². The van der Waals surface area contributed by atoms with Gasteiger partial charge in [-0.3, -0.25) is 0 Å². The minimum absolute atomic E-state index is 0.358. The number of rotatable bonds is 7. The predicted octanol–water partition coefficient (Wildman–Crippen LogP) is 3.69. The summed E-state index contributed by atoms with van der Waals surface area (Å²) in [5, 5.41) is 12.4. The molecule has 0 fully saturated rings. The lowest BCUT2D eigenvalue weighted by molar-refractivity contribution is 0.389. The SMILES string of the molecule is COc1cc(OC)cc(-c2nnc(SCc3nc(-c4ccco4)no3)o2)c1. The molecule has 4 aromatic rings. The molecule has 0 atom stereocenters. The summed E-state index contributed by atoms with van der Waals surface area (Å²) in [4.78, 5) is 4.26. The quantitative estimate of drug-likeness (QED) is 0.436. The van der Waals surface area contributed by atoms with Gasteiger partial charge in [-0.2, -0.15) is 4.98 Å². The van der Waals surface area contributed by atoms with Gasteiger partial charge in [0, 0.05) is 11.6 Å². The van der Waals surface area contributed by atoms with Crippen LogP contribution in [0, 0.1) is 0 Å². The number of ether oxygens (including phenoxy) is 2. The van der Waals surface area contributed by atoms with Crippen LogP contribution in [0.25, 0.3) is 23.0 Å². The second-order valence-electron chi connectivity index (χ2n) is 5.25. The first-order chi connectivity index (χ1) is 13.2. The molecule has 0 amide bonds. The minimum Gasteiger partial charge on any atom is -0.497 e. The molecule has 27 heavy (non-hydrogen) atoms. The number of benzene rings is 1. The molecule has 3 aromatic heterocycles. The molecule has 138 valence electrons. The molecule has 0 aliphatic carbocycles. The third kappa shape index (κ3) is 3.80. The highest BCUT2D eigenvalue weighted by Gasteiger charge is 2.15. The fourth-order valence-electron chi connectivity index (χ4n) is 2.26. The molecule has 0 bridgehead atoms. The molecule has 0 radical (unpaired) electrons. The van der Waals surface area contributed by atoms with E-state index in [0.717, 1.165) is 0 Å². The van der Waals surface area contributed by atoms with Gasteiger partial charge < -0.3 is 22.8 Å². The van der Waals surface area contributed by atoms with Gasteiger partial charge >= 0.3 is 0 Å². The van der Waals surface area contributed by atoms with Crippen molar-refractivity contribution in [2.45, 2.75) is 11.0 Å². The van der Waals surface area contributed by atoms with Gasteiger partial charge in [0.15, 0.2) is 5.76 Å². The Bertz CT molecular complexity index is 1010. The molecule has 0 spiro atoms. The summed E-state index contributed by atoms with van der Waals surface area (Å²) in [5.74, 6) is 3.37. The summed E-state index contributed by atoms with van der Waals surface area (Å²) in [7, 11) is 3.16. The van der Waals surface area contributed by atoms with Gasteiger partial charge in [-0.05, 0) is 24.3 Å². The molecule has 3 heterocycles. The van der Waals surface area contributed by atoms with E-state index < -0.39 is 0 Å². The zero-order valence-corrected chi connectivity index (χ0v) is 15.2. The molecule has 4 rings (SSSR count). The summed E-state index contributed by atoms with van der Waals surface area (Å²) in [6, 6.07) is 8.86. The van der Waals surface area contributed by atoms with Crippen LogP contribution in [0.15, 0.2) is 55.2 Å². The number of nitrogens with zero attached hydrogens (tertiary/aromatic N) is 4. The first-order valence-electron chi connectivity index (χ1n) is 7.81. The topological polar surface area (TPSA) is 109 Å². The van der Waals surface area contributed by atoms with Gasteiger partial charge in [0.25, 0.3) is 5.22 Å². The Hall–Kier alpha value is -3.27. The molecule has 0 saturated carbocycles. The number of furan rings is 1. The van der Waals surface area contributed by atoms with E-state index in [9.17, 15) is 0 Å². The summed E-state index contributed by atoms with van der Waals surface area (Å²) >= 11 is 1.29. The summed E-state index contributed by atoms with van der Waals surface area (Å²) < 4.78 is 26.6. The highest BCUT2D eigenvalue weighted by atomic mass is 32.2. The maximum absolute atomic E-state index is 5.69. The van der Waals surface area contributed by atoms with Crippen LogP contribution >= 0.6 is 11.8 Å². The van der Waals surface area contributed by atoms with Crippen molar-refractivity contribution in [1.29, 1.82) is 0 Å². The van der Waals surface area contributed by atoms with Gasteiger partial charge in [-0.15, -0.1) is 10.2 Å². The van der Waals surface area contributed by atoms with E-state index in [1.165, 1.54) is 11.8 Å². The first kappa shape index (κ1) is 17.2. The number of hydrogen-bond donors (Lipinski definition) is 0. The van der Waals surface area contributed by atoms with Crippen LogP contribution < -0.4 is 9.47 Å². The van der Waals surface area contributed by atoms with Gasteiger partial charge in [-0.1, -0.05) is 16.9 Å². The Morgan fingerprint density at radius 1 is 1.07 bits per heavy atom. The highest BCUT2D eigenvalue weighted by molar-refractivity contribution is 7.98. The van der Waals surface area contributed by atoms with E-state index in [1.807, 2.05) is 0 Å².